The van der Waals surface area contributed by atoms with E-state index in [0.717, 1.165) is 19.3 Å². The molecule has 0 N–H and O–H groups in total. The first kappa shape index (κ1) is 11.4. The number of rotatable bonds is 6. The summed E-state index contributed by atoms with van der Waals surface area (Å²) in [5.74, 6) is 0.260. The van der Waals surface area contributed by atoms with E-state index in [1.54, 1.807) is 0 Å². The van der Waals surface area contributed by atoms with Gasteiger partial charge in [-0.1, -0.05) is 19.8 Å². The van der Waals surface area contributed by atoms with Gasteiger partial charge in [-0.25, -0.2) is 8.42 Å². The van der Waals surface area contributed by atoms with Gasteiger partial charge in [-0.15, -0.1) is 0 Å². The summed E-state index contributed by atoms with van der Waals surface area (Å²) in [5, 5.41) is 8.19. The summed E-state index contributed by atoms with van der Waals surface area (Å²) >= 11 is 0. The van der Waals surface area contributed by atoms with Crippen molar-refractivity contribution in [2.24, 2.45) is 0 Å². The third-order valence-electron chi connectivity index (χ3n) is 1.58. The van der Waals surface area contributed by atoms with Crippen LogP contribution in [0.4, 0.5) is 0 Å². The molecule has 0 bridgehead atoms. The Morgan fingerprint density at radius 2 is 1.92 bits per heavy atom. The van der Waals surface area contributed by atoms with E-state index in [0.29, 0.717) is 0 Å². The van der Waals surface area contributed by atoms with Gasteiger partial charge in [0.1, 0.15) is 0 Å². The molecule has 0 radical (unpaired) electrons. The zero-order chi connectivity index (χ0) is 9.45. The summed E-state index contributed by atoms with van der Waals surface area (Å²) in [6.45, 7) is 2.03. The van der Waals surface area contributed by atoms with Crippen LogP contribution in [0, 0.1) is 11.3 Å². The maximum Gasteiger partial charge on any atom is 0.151 e. The van der Waals surface area contributed by atoms with E-state index >= 15 is 0 Å². The molecule has 0 saturated carbocycles. The zero-order valence-corrected chi connectivity index (χ0v) is 8.23. The Hall–Kier alpha value is -0.560. The van der Waals surface area contributed by atoms with Crippen LogP contribution in [0.25, 0.3) is 0 Å². The highest BCUT2D eigenvalue weighted by molar-refractivity contribution is 7.91. The molecule has 0 fully saturated rings. The van der Waals surface area contributed by atoms with Gasteiger partial charge in [0.05, 0.1) is 17.6 Å². The van der Waals surface area contributed by atoms with Gasteiger partial charge in [0.2, 0.25) is 0 Å². The smallest absolute Gasteiger partial charge is 0.151 e. The van der Waals surface area contributed by atoms with Gasteiger partial charge in [0.15, 0.2) is 9.84 Å². The molecule has 0 amide bonds. The second kappa shape index (κ2) is 6.01. The minimum atomic E-state index is -2.94. The van der Waals surface area contributed by atoms with E-state index in [2.05, 4.69) is 0 Å². The Bertz CT molecular complexity index is 238. The van der Waals surface area contributed by atoms with E-state index in [-0.39, 0.29) is 17.9 Å². The first-order valence-corrected chi connectivity index (χ1v) is 6.02. The number of nitrogens with zero attached hydrogens (tertiary/aromatic N) is 1. The van der Waals surface area contributed by atoms with Gasteiger partial charge < -0.3 is 0 Å². The average molecular weight is 189 g/mol. The number of hydrogen-bond donors (Lipinski definition) is 0. The Labute approximate surface area is 74.3 Å². The molecule has 0 atom stereocenters. The summed E-state index contributed by atoms with van der Waals surface area (Å²) in [4.78, 5) is 0. The molecular weight excluding hydrogens is 174 g/mol. The Kier molecular flexibility index (Phi) is 5.73. The van der Waals surface area contributed by atoms with Crippen molar-refractivity contribution in [3.8, 4) is 6.07 Å². The van der Waals surface area contributed by atoms with E-state index in [4.69, 9.17) is 5.26 Å². The van der Waals surface area contributed by atoms with Crippen molar-refractivity contribution in [3.05, 3.63) is 0 Å². The van der Waals surface area contributed by atoms with Gasteiger partial charge in [-0.2, -0.15) is 5.26 Å². The second-order valence-electron chi connectivity index (χ2n) is 2.77. The molecule has 70 valence electrons. The normalized spacial score (nSPS) is 11.0. The maximum absolute atomic E-state index is 11.1. The molecule has 12 heavy (non-hydrogen) atoms. The van der Waals surface area contributed by atoms with Crippen LogP contribution in [-0.2, 0) is 9.84 Å². The SMILES string of the molecule is CCCCCS(=O)(=O)CCC#N. The highest BCUT2D eigenvalue weighted by atomic mass is 32.2. The second-order valence-corrected chi connectivity index (χ2v) is 5.07. The fraction of sp³-hybridized carbons (Fsp3) is 0.875. The fourth-order valence-corrected chi connectivity index (χ4v) is 2.13. The number of sulfone groups is 1. The van der Waals surface area contributed by atoms with Crippen LogP contribution >= 0.6 is 0 Å². The fourth-order valence-electron chi connectivity index (χ4n) is 0.875. The molecule has 0 aromatic carbocycles. The summed E-state index contributed by atoms with van der Waals surface area (Å²) in [6, 6.07) is 1.84. The predicted octanol–water partition coefficient (Wildman–Crippen LogP) is 1.51. The van der Waals surface area contributed by atoms with Gasteiger partial charge >= 0.3 is 0 Å². The van der Waals surface area contributed by atoms with Gasteiger partial charge in [-0.3, -0.25) is 0 Å². The first-order valence-electron chi connectivity index (χ1n) is 4.19. The lowest BCUT2D eigenvalue weighted by molar-refractivity contribution is 0.591. The number of hydrogen-bond acceptors (Lipinski definition) is 3. The van der Waals surface area contributed by atoms with E-state index < -0.39 is 9.84 Å². The van der Waals surface area contributed by atoms with Gasteiger partial charge in [0, 0.05) is 6.42 Å². The van der Waals surface area contributed by atoms with Crippen LogP contribution in [0.2, 0.25) is 0 Å². The van der Waals surface area contributed by atoms with Crippen molar-refractivity contribution in [2.75, 3.05) is 11.5 Å². The predicted molar refractivity (Wildman–Crippen MR) is 48.4 cm³/mol. The van der Waals surface area contributed by atoms with Crippen molar-refractivity contribution in [1.82, 2.24) is 0 Å². The van der Waals surface area contributed by atoms with Crippen LogP contribution < -0.4 is 0 Å². The highest BCUT2D eigenvalue weighted by Gasteiger charge is 2.08. The first-order chi connectivity index (χ1) is 5.62. The third kappa shape index (κ3) is 6.17. The Balaban J connectivity index is 3.67. The zero-order valence-electron chi connectivity index (χ0n) is 7.41. The van der Waals surface area contributed by atoms with Crippen LogP contribution in [0.1, 0.15) is 32.6 Å². The monoisotopic (exact) mass is 189 g/mol. The maximum atomic E-state index is 11.1. The molecule has 0 rings (SSSR count). The summed E-state index contributed by atoms with van der Waals surface area (Å²) in [7, 11) is -2.94. The van der Waals surface area contributed by atoms with E-state index in [1.165, 1.54) is 0 Å². The minimum Gasteiger partial charge on any atom is -0.229 e. The molecule has 0 aromatic rings. The average Bonchev–Trinajstić information content (AvgIpc) is 2.01. The molecule has 4 heteroatoms. The lowest BCUT2D eigenvalue weighted by Crippen LogP contribution is -2.10. The molecule has 0 heterocycles. The number of nitriles is 1. The molecule has 0 aliphatic rings. The van der Waals surface area contributed by atoms with Gasteiger partial charge in [-0.05, 0) is 6.42 Å². The molecule has 0 aliphatic carbocycles. The Morgan fingerprint density at radius 3 is 2.42 bits per heavy atom. The van der Waals surface area contributed by atoms with Gasteiger partial charge in [0.25, 0.3) is 0 Å². The molecular formula is C8H15NO2S. The van der Waals surface area contributed by atoms with Crippen LogP contribution in [0.3, 0.4) is 0 Å². The highest BCUT2D eigenvalue weighted by Crippen LogP contribution is 2.01. The molecule has 0 spiro atoms. The summed E-state index contributed by atoms with van der Waals surface area (Å²) in [5.41, 5.74) is 0. The topological polar surface area (TPSA) is 57.9 Å². The molecule has 0 unspecified atom stereocenters. The van der Waals surface area contributed by atoms with Crippen LogP contribution in [-0.4, -0.2) is 19.9 Å². The summed E-state index contributed by atoms with van der Waals surface area (Å²) in [6.07, 6.45) is 2.82. The molecule has 0 aliphatic heterocycles. The Morgan fingerprint density at radius 1 is 1.25 bits per heavy atom. The van der Waals surface area contributed by atoms with E-state index in [9.17, 15) is 8.42 Å². The van der Waals surface area contributed by atoms with Crippen molar-refractivity contribution < 1.29 is 8.42 Å². The lowest BCUT2D eigenvalue weighted by Gasteiger charge is -1.99. The molecule has 0 aromatic heterocycles. The quantitative estimate of drug-likeness (QED) is 0.595. The largest absolute Gasteiger partial charge is 0.229 e. The van der Waals surface area contributed by atoms with Crippen molar-refractivity contribution in [1.29, 1.82) is 5.26 Å². The van der Waals surface area contributed by atoms with Crippen molar-refractivity contribution >= 4 is 9.84 Å². The molecule has 0 saturated heterocycles. The van der Waals surface area contributed by atoms with Crippen molar-refractivity contribution in [3.63, 3.8) is 0 Å². The van der Waals surface area contributed by atoms with Crippen LogP contribution in [0.15, 0.2) is 0 Å². The van der Waals surface area contributed by atoms with Crippen molar-refractivity contribution in [2.45, 2.75) is 32.6 Å². The van der Waals surface area contributed by atoms with E-state index in [1.807, 2.05) is 13.0 Å². The molecule has 3 nitrogen and oxygen atoms in total. The number of unbranched alkanes of at least 4 members (excludes halogenated alkanes) is 2. The lowest BCUT2D eigenvalue weighted by atomic mass is 10.3. The standard InChI is InChI=1S/C8H15NO2S/c1-2-3-4-7-12(10,11)8-5-6-9/h2-5,7-8H2,1H3. The third-order valence-corrected chi connectivity index (χ3v) is 3.32. The van der Waals surface area contributed by atoms with Crippen LogP contribution in [0.5, 0.6) is 0 Å². The summed E-state index contributed by atoms with van der Waals surface area (Å²) < 4.78 is 22.2. The minimum absolute atomic E-state index is 0.0210.